The molecule has 6 rings (SSSR count). The number of aromatic nitrogens is 4. The molecule has 4 heterocycles. The second kappa shape index (κ2) is 19.6. The molecule has 1 aliphatic rings. The Morgan fingerprint density at radius 1 is 0.983 bits per heavy atom. The van der Waals surface area contributed by atoms with E-state index in [-0.39, 0.29) is 42.1 Å². The predicted molar refractivity (Wildman–Crippen MR) is 236 cm³/mol. The van der Waals surface area contributed by atoms with Crippen LogP contribution in [0.15, 0.2) is 72.4 Å². The molecule has 1 fully saturated rings. The van der Waals surface area contributed by atoms with Crippen molar-refractivity contribution in [1.82, 2.24) is 40.6 Å². The standard InChI is InChI=1S/C23H32N4O3S.C20H23ClN6O/c1-14-19(31-13-26-14)16-8-6-15(7-9-16)11-25-21(29)18-10-17(28)12-27(18)22(30)20(24-5)23(2,3)4;1-12(2)27-19(9-13(3)26-27)25-18-10-17(15(21)11-23-18)24-16-8-6-5-7-14(16)20(28)22-4/h6-9,13,17-18,20,24,28H,10-12H2,1-5H3,(H,25,29);5-12H,1-4H3,(H,22,28)(H2,23,24,25)/t17-,18+,20-;/m1./s1. The van der Waals surface area contributed by atoms with Gasteiger partial charge in [0.2, 0.25) is 11.8 Å². The van der Waals surface area contributed by atoms with Gasteiger partial charge in [-0.1, -0.05) is 68.8 Å². The molecule has 6 N–H and O–H groups in total. The lowest BCUT2D eigenvalue weighted by atomic mass is 9.86. The maximum atomic E-state index is 13.1. The van der Waals surface area contributed by atoms with Gasteiger partial charge in [-0.05, 0) is 63.4 Å². The van der Waals surface area contributed by atoms with Crippen LogP contribution in [0.1, 0.15) is 74.4 Å². The number of likely N-dealkylation sites (tertiary alicyclic amines) is 1. The van der Waals surface area contributed by atoms with Crippen LogP contribution in [0.3, 0.4) is 0 Å². The molecule has 314 valence electrons. The lowest BCUT2D eigenvalue weighted by molar-refractivity contribution is -0.142. The molecule has 0 unspecified atom stereocenters. The third-order valence-electron chi connectivity index (χ3n) is 9.82. The molecule has 0 radical (unpaired) electrons. The number of aryl methyl sites for hydroxylation is 2. The molecule has 0 bridgehead atoms. The molecule has 3 aromatic heterocycles. The van der Waals surface area contributed by atoms with Gasteiger partial charge >= 0.3 is 0 Å². The van der Waals surface area contributed by atoms with Crippen molar-refractivity contribution >= 4 is 63.7 Å². The quantitative estimate of drug-likeness (QED) is 0.0767. The number of rotatable bonds is 12. The number of aliphatic hydroxyl groups is 1. The second-order valence-electron chi connectivity index (χ2n) is 15.8. The molecular formula is C43H55ClN10O4S. The van der Waals surface area contributed by atoms with Crippen molar-refractivity contribution in [1.29, 1.82) is 0 Å². The van der Waals surface area contributed by atoms with E-state index < -0.39 is 18.2 Å². The van der Waals surface area contributed by atoms with Crippen LogP contribution in [0.4, 0.5) is 23.0 Å². The fourth-order valence-electron chi connectivity index (χ4n) is 6.87. The third-order valence-corrected chi connectivity index (χ3v) is 11.1. The number of β-amino-alcohol motifs (C(OH)–C–C–N with tert-alkyl or cyclic N) is 1. The van der Waals surface area contributed by atoms with Gasteiger partial charge in [-0.15, -0.1) is 11.3 Å². The van der Waals surface area contributed by atoms with E-state index in [1.807, 2.05) is 93.3 Å². The van der Waals surface area contributed by atoms with Crippen molar-refractivity contribution in [2.75, 3.05) is 31.3 Å². The number of benzene rings is 2. The van der Waals surface area contributed by atoms with Crippen LogP contribution < -0.4 is 26.6 Å². The summed E-state index contributed by atoms with van der Waals surface area (Å²) in [5.41, 5.74) is 7.35. The molecule has 0 saturated carbocycles. The first-order valence-corrected chi connectivity index (χ1v) is 20.8. The van der Waals surface area contributed by atoms with Gasteiger partial charge in [0.15, 0.2) is 0 Å². The van der Waals surface area contributed by atoms with Crippen LogP contribution in [0, 0.1) is 19.3 Å². The van der Waals surface area contributed by atoms with E-state index in [1.165, 1.54) is 4.90 Å². The van der Waals surface area contributed by atoms with Gasteiger partial charge in [-0.2, -0.15) is 5.10 Å². The molecule has 1 aliphatic heterocycles. The summed E-state index contributed by atoms with van der Waals surface area (Å²) in [5.74, 6) is 0.889. The minimum absolute atomic E-state index is 0.156. The van der Waals surface area contributed by atoms with Gasteiger partial charge in [0, 0.05) is 44.7 Å². The summed E-state index contributed by atoms with van der Waals surface area (Å²) in [6, 6.07) is 18.1. The van der Waals surface area contributed by atoms with Gasteiger partial charge in [0.1, 0.15) is 17.7 Å². The van der Waals surface area contributed by atoms with Crippen LogP contribution >= 0.6 is 22.9 Å². The average Bonchev–Trinajstić information content (AvgIpc) is 3.92. The zero-order valence-electron chi connectivity index (χ0n) is 35.1. The SMILES string of the molecule is CNC(=O)c1ccccc1Nc1cc(Nc2cc(C)nn2C(C)C)ncc1Cl.CN[C@H](C(=O)N1C[C@H](O)C[C@H]1C(=O)NCc1ccc(-c2scnc2C)cc1)C(C)(C)C. The summed E-state index contributed by atoms with van der Waals surface area (Å²) in [4.78, 5) is 49.4. The molecule has 0 spiro atoms. The van der Waals surface area contributed by atoms with Crippen molar-refractivity contribution in [2.24, 2.45) is 5.41 Å². The number of pyridine rings is 1. The molecule has 3 atom stereocenters. The summed E-state index contributed by atoms with van der Waals surface area (Å²) < 4.78 is 1.90. The molecule has 0 aliphatic carbocycles. The number of carbonyl (C=O) groups is 3. The monoisotopic (exact) mass is 842 g/mol. The van der Waals surface area contributed by atoms with E-state index in [0.29, 0.717) is 34.3 Å². The predicted octanol–water partition coefficient (Wildman–Crippen LogP) is 7.00. The summed E-state index contributed by atoms with van der Waals surface area (Å²) in [7, 11) is 3.34. The average molecular weight is 843 g/mol. The van der Waals surface area contributed by atoms with Gasteiger partial charge in [-0.25, -0.2) is 14.6 Å². The zero-order valence-corrected chi connectivity index (χ0v) is 36.6. The van der Waals surface area contributed by atoms with E-state index in [9.17, 15) is 19.5 Å². The number of hydrogen-bond donors (Lipinski definition) is 6. The Balaban J connectivity index is 0.000000225. The van der Waals surface area contributed by atoms with Crippen molar-refractivity contribution < 1.29 is 19.5 Å². The third kappa shape index (κ3) is 11.2. The number of amides is 3. The summed E-state index contributed by atoms with van der Waals surface area (Å²) in [6.07, 6.45) is 1.12. The summed E-state index contributed by atoms with van der Waals surface area (Å²) in [6.45, 7) is 14.5. The maximum absolute atomic E-state index is 13.1. The lowest BCUT2D eigenvalue weighted by Crippen LogP contribution is -2.55. The second-order valence-corrected chi connectivity index (χ2v) is 17.1. The molecular weight excluding hydrogens is 788 g/mol. The fraction of sp³-hybridized carbons (Fsp3) is 0.395. The Kier molecular flexibility index (Phi) is 14.9. The molecule has 3 amide bonds. The van der Waals surface area contributed by atoms with Gasteiger partial charge in [0.25, 0.3) is 5.91 Å². The highest BCUT2D eigenvalue weighted by Crippen LogP contribution is 2.31. The van der Waals surface area contributed by atoms with E-state index >= 15 is 0 Å². The van der Waals surface area contributed by atoms with Gasteiger partial charge < -0.3 is 36.6 Å². The van der Waals surface area contributed by atoms with Crippen molar-refractivity contribution in [3.63, 3.8) is 0 Å². The van der Waals surface area contributed by atoms with E-state index in [1.54, 1.807) is 43.8 Å². The zero-order chi connectivity index (χ0) is 43.0. The maximum Gasteiger partial charge on any atom is 0.253 e. The number of nitrogens with one attached hydrogen (secondary N) is 5. The number of para-hydroxylation sites is 1. The van der Waals surface area contributed by atoms with E-state index in [4.69, 9.17) is 11.6 Å². The summed E-state index contributed by atoms with van der Waals surface area (Å²) in [5, 5.41) is 30.3. The first kappa shape index (κ1) is 44.7. The van der Waals surface area contributed by atoms with Crippen LogP contribution in [0.25, 0.3) is 10.4 Å². The number of anilines is 4. The fourth-order valence-corrected chi connectivity index (χ4v) is 7.83. The number of hydrogen-bond acceptors (Lipinski definition) is 11. The minimum atomic E-state index is -0.695. The summed E-state index contributed by atoms with van der Waals surface area (Å²) >= 11 is 7.94. The first-order valence-electron chi connectivity index (χ1n) is 19.5. The number of nitrogens with zero attached hydrogens (tertiary/aromatic N) is 5. The molecule has 59 heavy (non-hydrogen) atoms. The smallest absolute Gasteiger partial charge is 0.253 e. The molecule has 5 aromatic rings. The van der Waals surface area contributed by atoms with Crippen LogP contribution in [0.2, 0.25) is 5.02 Å². The first-order chi connectivity index (χ1) is 28.0. The van der Waals surface area contributed by atoms with Gasteiger partial charge in [0.05, 0.1) is 62.1 Å². The number of halogens is 1. The molecule has 2 aromatic carbocycles. The number of aliphatic hydroxyl groups excluding tert-OH is 1. The molecule has 14 nitrogen and oxygen atoms in total. The van der Waals surface area contributed by atoms with Crippen LogP contribution in [-0.2, 0) is 16.1 Å². The lowest BCUT2D eigenvalue weighted by Gasteiger charge is -2.34. The Hall–Kier alpha value is -5.35. The highest BCUT2D eigenvalue weighted by molar-refractivity contribution is 7.13. The number of carbonyl (C=O) groups excluding carboxylic acids is 3. The normalized spacial score (nSPS) is 15.6. The number of likely N-dealkylation sites (N-methyl/N-ethyl adjacent to an activating group) is 1. The molecule has 16 heteroatoms. The van der Waals surface area contributed by atoms with Crippen molar-refractivity contribution in [3.05, 3.63) is 99.9 Å². The molecule has 1 saturated heterocycles. The topological polar surface area (TPSA) is 178 Å². The van der Waals surface area contributed by atoms with E-state index in [2.05, 4.69) is 55.5 Å². The highest BCUT2D eigenvalue weighted by atomic mass is 35.5. The Labute approximate surface area is 355 Å². The van der Waals surface area contributed by atoms with E-state index in [0.717, 1.165) is 33.2 Å². The van der Waals surface area contributed by atoms with Crippen molar-refractivity contribution in [2.45, 2.75) is 85.7 Å². The van der Waals surface area contributed by atoms with Gasteiger partial charge in [-0.3, -0.25) is 14.4 Å². The Bertz CT molecular complexity index is 2230. The van der Waals surface area contributed by atoms with Crippen molar-refractivity contribution in [3.8, 4) is 10.4 Å². The Morgan fingerprint density at radius 2 is 1.69 bits per heavy atom. The van der Waals surface area contributed by atoms with Crippen LogP contribution in [0.5, 0.6) is 0 Å². The highest BCUT2D eigenvalue weighted by Gasteiger charge is 2.43. The number of thiazole rings is 1. The minimum Gasteiger partial charge on any atom is -0.391 e. The Morgan fingerprint density at radius 3 is 2.32 bits per heavy atom. The van der Waals surface area contributed by atoms with Crippen LogP contribution in [-0.4, -0.2) is 86.3 Å². The largest absolute Gasteiger partial charge is 0.391 e.